The van der Waals surface area contributed by atoms with Crippen LogP contribution >= 0.6 is 0 Å². The van der Waals surface area contributed by atoms with Crippen LogP contribution in [0.15, 0.2) is 42.8 Å². The Balaban J connectivity index is 0.000000436. The molecule has 2 fully saturated rings. The fourth-order valence-electron chi connectivity index (χ4n) is 4.64. The maximum atomic E-state index is 12.8. The molecule has 3 aliphatic rings. The van der Waals surface area contributed by atoms with Gasteiger partial charge in [-0.15, -0.1) is 0 Å². The molecule has 1 aromatic heterocycles. The van der Waals surface area contributed by atoms with E-state index in [4.69, 9.17) is 14.9 Å². The average molecular weight is 530 g/mol. The standard InChI is InChI=1S/C21H27N5O4.C4H4O4/c1-15(27)30-16(14-26-19(28)17-5-2-3-6-18(17)20(26)29)13-24-9-11-25(12-10-24)21-22-7-4-8-23-21;5-3(6)1-2-4(7)8/h2-4,7-8,16-18H,5-6,9-14H2,1H3;1-2H,(H,5,6)(H,7,8)/b;2-1-/t16?,17-,18+;. The number of aromatic nitrogens is 2. The number of fused-ring (bicyclic) bond motifs is 1. The Kier molecular flexibility index (Phi) is 10.0. The molecule has 38 heavy (non-hydrogen) atoms. The summed E-state index contributed by atoms with van der Waals surface area (Å²) in [6.45, 7) is 4.98. The van der Waals surface area contributed by atoms with E-state index >= 15 is 0 Å². The zero-order valence-electron chi connectivity index (χ0n) is 21.0. The maximum Gasteiger partial charge on any atom is 0.328 e. The highest BCUT2D eigenvalue weighted by atomic mass is 16.5. The summed E-state index contributed by atoms with van der Waals surface area (Å²) in [5.74, 6) is -3.03. The van der Waals surface area contributed by atoms with Crippen molar-refractivity contribution < 1.29 is 38.9 Å². The van der Waals surface area contributed by atoms with Gasteiger partial charge >= 0.3 is 17.9 Å². The summed E-state index contributed by atoms with van der Waals surface area (Å²) in [6.07, 6.45) is 9.17. The summed E-state index contributed by atoms with van der Waals surface area (Å²) < 4.78 is 5.50. The molecule has 0 saturated carbocycles. The SMILES string of the molecule is CC(=O)OC(CN1CCN(c2ncccn2)CC1)CN1C(=O)[C@H]2CC=CC[C@H]2C1=O.O=C(O)/C=C\C(=O)O. The van der Waals surface area contributed by atoms with Crippen molar-refractivity contribution in [2.75, 3.05) is 44.2 Å². The van der Waals surface area contributed by atoms with Crippen molar-refractivity contribution in [2.45, 2.75) is 25.9 Å². The third-order valence-electron chi connectivity index (χ3n) is 6.36. The summed E-state index contributed by atoms with van der Waals surface area (Å²) in [5.41, 5.74) is 0. The number of likely N-dealkylation sites (tertiary alicyclic amines) is 1. The molecule has 2 amide bonds. The van der Waals surface area contributed by atoms with Crippen molar-refractivity contribution in [2.24, 2.45) is 11.8 Å². The number of anilines is 1. The van der Waals surface area contributed by atoms with E-state index in [1.54, 1.807) is 18.5 Å². The number of allylic oxidation sites excluding steroid dienone is 2. The molecule has 2 N–H and O–H groups in total. The van der Waals surface area contributed by atoms with Crippen LogP contribution in [0.2, 0.25) is 0 Å². The maximum absolute atomic E-state index is 12.8. The fourth-order valence-corrected chi connectivity index (χ4v) is 4.64. The second kappa shape index (κ2) is 13.4. The van der Waals surface area contributed by atoms with Crippen LogP contribution in [0.25, 0.3) is 0 Å². The van der Waals surface area contributed by atoms with E-state index in [-0.39, 0.29) is 30.2 Å². The van der Waals surface area contributed by atoms with Crippen LogP contribution in [0.5, 0.6) is 0 Å². The van der Waals surface area contributed by atoms with E-state index in [1.807, 2.05) is 12.2 Å². The van der Waals surface area contributed by atoms with Gasteiger partial charge in [0.15, 0.2) is 0 Å². The van der Waals surface area contributed by atoms with Crippen LogP contribution in [0.1, 0.15) is 19.8 Å². The number of aliphatic carboxylic acids is 2. The highest BCUT2D eigenvalue weighted by Crippen LogP contribution is 2.35. The Morgan fingerprint density at radius 2 is 1.47 bits per heavy atom. The molecule has 2 saturated heterocycles. The van der Waals surface area contributed by atoms with Gasteiger partial charge in [0.2, 0.25) is 17.8 Å². The number of hydrogen-bond donors (Lipinski definition) is 2. The fraction of sp³-hybridized carbons (Fsp3) is 0.480. The van der Waals surface area contributed by atoms with Crippen molar-refractivity contribution >= 4 is 35.7 Å². The molecule has 1 aliphatic carbocycles. The van der Waals surface area contributed by atoms with Crippen LogP contribution in [-0.4, -0.2) is 105 Å². The number of carbonyl (C=O) groups excluding carboxylic acids is 3. The number of carbonyl (C=O) groups is 5. The number of esters is 1. The smallest absolute Gasteiger partial charge is 0.328 e. The third-order valence-corrected chi connectivity index (χ3v) is 6.36. The van der Waals surface area contributed by atoms with Gasteiger partial charge in [0.05, 0.1) is 18.4 Å². The van der Waals surface area contributed by atoms with E-state index in [2.05, 4.69) is 19.8 Å². The number of ether oxygens (including phenoxy) is 1. The number of carboxylic acid groups (broad SMARTS) is 2. The first-order valence-electron chi connectivity index (χ1n) is 12.2. The molecular weight excluding hydrogens is 498 g/mol. The van der Waals surface area contributed by atoms with Gasteiger partial charge in [0.1, 0.15) is 6.10 Å². The molecule has 3 heterocycles. The minimum absolute atomic E-state index is 0.117. The zero-order valence-corrected chi connectivity index (χ0v) is 21.0. The minimum Gasteiger partial charge on any atom is -0.478 e. The van der Waals surface area contributed by atoms with E-state index in [1.165, 1.54) is 11.8 Å². The molecule has 0 radical (unpaired) electrons. The van der Waals surface area contributed by atoms with E-state index in [9.17, 15) is 24.0 Å². The summed E-state index contributed by atoms with van der Waals surface area (Å²) in [7, 11) is 0. The van der Waals surface area contributed by atoms with Gasteiger partial charge in [-0.05, 0) is 18.9 Å². The first-order chi connectivity index (χ1) is 18.2. The third kappa shape index (κ3) is 7.93. The van der Waals surface area contributed by atoms with E-state index in [0.29, 0.717) is 37.5 Å². The highest BCUT2D eigenvalue weighted by molar-refractivity contribution is 6.05. The van der Waals surface area contributed by atoms with Crippen molar-refractivity contribution in [3.05, 3.63) is 42.8 Å². The second-order valence-corrected chi connectivity index (χ2v) is 9.02. The monoisotopic (exact) mass is 529 g/mol. The number of amides is 2. The Labute approximate surface area is 219 Å². The molecule has 204 valence electrons. The van der Waals surface area contributed by atoms with Crippen LogP contribution < -0.4 is 4.90 Å². The molecule has 0 aromatic carbocycles. The minimum atomic E-state index is -1.26. The Morgan fingerprint density at radius 1 is 0.947 bits per heavy atom. The average Bonchev–Trinajstić information content (AvgIpc) is 3.13. The first-order valence-corrected chi connectivity index (χ1v) is 12.2. The molecule has 1 aromatic rings. The first kappa shape index (κ1) is 28.4. The summed E-state index contributed by atoms with van der Waals surface area (Å²) in [6, 6.07) is 1.79. The highest BCUT2D eigenvalue weighted by Gasteiger charge is 2.48. The number of carboxylic acids is 2. The molecule has 1 unspecified atom stereocenters. The lowest BCUT2D eigenvalue weighted by Gasteiger charge is -2.36. The van der Waals surface area contributed by atoms with Crippen LogP contribution in [0.4, 0.5) is 5.95 Å². The number of hydrogen-bond acceptors (Lipinski definition) is 10. The lowest BCUT2D eigenvalue weighted by Crippen LogP contribution is -2.51. The molecular formula is C25H31N5O8. The molecule has 4 rings (SSSR count). The number of piperazine rings is 1. The van der Waals surface area contributed by atoms with Crippen molar-refractivity contribution in [3.8, 4) is 0 Å². The number of rotatable bonds is 8. The number of imide groups is 1. The van der Waals surface area contributed by atoms with Crippen LogP contribution in [-0.2, 0) is 28.7 Å². The molecule has 2 aliphatic heterocycles. The van der Waals surface area contributed by atoms with E-state index in [0.717, 1.165) is 26.2 Å². The zero-order chi connectivity index (χ0) is 27.7. The van der Waals surface area contributed by atoms with E-state index < -0.39 is 24.0 Å². The van der Waals surface area contributed by atoms with Gasteiger partial charge in [0.25, 0.3) is 0 Å². The molecule has 3 atom stereocenters. The molecule has 13 heteroatoms. The lowest BCUT2D eigenvalue weighted by atomic mass is 9.85. The largest absolute Gasteiger partial charge is 0.478 e. The lowest BCUT2D eigenvalue weighted by molar-refractivity contribution is -0.153. The van der Waals surface area contributed by atoms with Gasteiger partial charge < -0.3 is 19.8 Å². The van der Waals surface area contributed by atoms with Gasteiger partial charge in [-0.3, -0.25) is 24.2 Å². The topological polar surface area (TPSA) is 171 Å². The van der Waals surface area contributed by atoms with Gasteiger partial charge in [-0.1, -0.05) is 12.2 Å². The van der Waals surface area contributed by atoms with Crippen LogP contribution in [0, 0.1) is 11.8 Å². The summed E-state index contributed by atoms with van der Waals surface area (Å²) >= 11 is 0. The quantitative estimate of drug-likeness (QED) is 0.203. The van der Waals surface area contributed by atoms with Gasteiger partial charge in [0, 0.05) is 64.2 Å². The normalized spacial score (nSPS) is 22.0. The number of nitrogens with zero attached hydrogens (tertiary/aromatic N) is 5. The molecule has 13 nitrogen and oxygen atoms in total. The van der Waals surface area contributed by atoms with Gasteiger partial charge in [-0.25, -0.2) is 19.6 Å². The van der Waals surface area contributed by atoms with Crippen molar-refractivity contribution in [1.82, 2.24) is 19.8 Å². The predicted octanol–water partition coefficient (Wildman–Crippen LogP) is 0.193. The molecule has 0 spiro atoms. The molecule has 0 bridgehead atoms. The predicted molar refractivity (Wildman–Crippen MR) is 133 cm³/mol. The van der Waals surface area contributed by atoms with Crippen molar-refractivity contribution in [1.29, 1.82) is 0 Å². The summed E-state index contributed by atoms with van der Waals surface area (Å²) in [5, 5.41) is 15.6. The summed E-state index contributed by atoms with van der Waals surface area (Å²) in [4.78, 5) is 70.5. The Morgan fingerprint density at radius 3 is 1.95 bits per heavy atom. The second-order valence-electron chi connectivity index (χ2n) is 9.02. The Hall–Kier alpha value is -4.13. The Bertz CT molecular complexity index is 1040. The van der Waals surface area contributed by atoms with Crippen LogP contribution in [0.3, 0.4) is 0 Å². The van der Waals surface area contributed by atoms with Crippen molar-refractivity contribution in [3.63, 3.8) is 0 Å². The van der Waals surface area contributed by atoms with Gasteiger partial charge in [-0.2, -0.15) is 0 Å².